The largest absolute Gasteiger partial charge is 0.334 e. The van der Waals surface area contributed by atoms with Crippen LogP contribution in [0.4, 0.5) is 0 Å². The van der Waals surface area contributed by atoms with Gasteiger partial charge in [0.15, 0.2) is 0 Å². The van der Waals surface area contributed by atoms with Gasteiger partial charge >= 0.3 is 0 Å². The zero-order valence-corrected chi connectivity index (χ0v) is 11.0. The van der Waals surface area contributed by atoms with Gasteiger partial charge in [0.1, 0.15) is 6.33 Å². The van der Waals surface area contributed by atoms with Crippen molar-refractivity contribution < 1.29 is 4.79 Å². The predicted molar refractivity (Wildman–Crippen MR) is 71.9 cm³/mol. The van der Waals surface area contributed by atoms with Crippen LogP contribution in [0.25, 0.3) is 0 Å². The zero-order valence-electron chi connectivity index (χ0n) is 10.2. The Balaban J connectivity index is 1.86. The first-order valence-electron chi connectivity index (χ1n) is 6.07. The molecule has 1 aromatic carbocycles. The third kappa shape index (κ3) is 2.31. The molecule has 0 spiro atoms. The van der Waals surface area contributed by atoms with Gasteiger partial charge in [0, 0.05) is 31.3 Å². The molecule has 19 heavy (non-hydrogen) atoms. The molecule has 0 atom stereocenters. The van der Waals surface area contributed by atoms with Gasteiger partial charge in [0.25, 0.3) is 5.91 Å². The van der Waals surface area contributed by atoms with Gasteiger partial charge in [-0.2, -0.15) is 0 Å². The van der Waals surface area contributed by atoms with Gasteiger partial charge < -0.3 is 4.90 Å². The zero-order chi connectivity index (χ0) is 13.2. The van der Waals surface area contributed by atoms with Crippen molar-refractivity contribution in [3.63, 3.8) is 0 Å². The van der Waals surface area contributed by atoms with E-state index in [-0.39, 0.29) is 5.91 Å². The molecular weight excluding hydrogens is 262 g/mol. The van der Waals surface area contributed by atoms with Crippen molar-refractivity contribution in [1.29, 1.82) is 0 Å². The van der Waals surface area contributed by atoms with Crippen molar-refractivity contribution in [2.45, 2.75) is 13.0 Å². The van der Waals surface area contributed by atoms with Gasteiger partial charge in [-0.25, -0.2) is 9.97 Å². The average Bonchev–Trinajstić information content (AvgIpc) is 2.46. The normalized spacial score (nSPS) is 14.1. The van der Waals surface area contributed by atoms with Gasteiger partial charge in [0.05, 0.1) is 16.3 Å². The lowest BCUT2D eigenvalue weighted by atomic mass is 10.1. The average molecular weight is 274 g/mol. The van der Waals surface area contributed by atoms with Crippen LogP contribution in [0.2, 0.25) is 5.02 Å². The van der Waals surface area contributed by atoms with Gasteiger partial charge in [0.2, 0.25) is 0 Å². The molecule has 0 bridgehead atoms. The first-order valence-corrected chi connectivity index (χ1v) is 6.45. The van der Waals surface area contributed by atoms with Crippen LogP contribution in [0.5, 0.6) is 0 Å². The second kappa shape index (κ2) is 4.97. The fraction of sp³-hybridized carbons (Fsp3) is 0.214. The standard InChI is InChI=1S/C14H12ClN3O/c15-12-4-2-1-3-11(12)14(19)18-6-5-13-10(8-18)7-16-9-17-13/h1-4,7,9H,5-6,8H2. The first kappa shape index (κ1) is 12.1. The number of aromatic nitrogens is 2. The Labute approximate surface area is 116 Å². The van der Waals surface area contributed by atoms with E-state index < -0.39 is 0 Å². The van der Waals surface area contributed by atoms with E-state index in [9.17, 15) is 4.79 Å². The summed E-state index contributed by atoms with van der Waals surface area (Å²) in [5.41, 5.74) is 2.58. The fourth-order valence-corrected chi connectivity index (χ4v) is 2.46. The van der Waals surface area contributed by atoms with Crippen LogP contribution in [0, 0.1) is 0 Å². The van der Waals surface area contributed by atoms with E-state index in [1.54, 1.807) is 29.6 Å². The summed E-state index contributed by atoms with van der Waals surface area (Å²) in [6.45, 7) is 1.20. The maximum Gasteiger partial charge on any atom is 0.255 e. The minimum Gasteiger partial charge on any atom is -0.334 e. The molecule has 2 aromatic rings. The Kier molecular flexibility index (Phi) is 3.17. The maximum atomic E-state index is 12.4. The lowest BCUT2D eigenvalue weighted by Gasteiger charge is -2.28. The molecule has 1 amide bonds. The van der Waals surface area contributed by atoms with E-state index in [2.05, 4.69) is 9.97 Å². The SMILES string of the molecule is O=C(c1ccccc1Cl)N1CCc2ncncc2C1. The second-order valence-electron chi connectivity index (χ2n) is 4.45. The number of hydrogen-bond donors (Lipinski definition) is 0. The molecule has 96 valence electrons. The lowest BCUT2D eigenvalue weighted by molar-refractivity contribution is 0.0733. The van der Waals surface area contributed by atoms with Gasteiger partial charge in [-0.3, -0.25) is 4.79 Å². The molecule has 0 saturated carbocycles. The van der Waals surface area contributed by atoms with E-state index in [1.807, 2.05) is 12.1 Å². The van der Waals surface area contributed by atoms with Crippen LogP contribution in [0.15, 0.2) is 36.8 Å². The van der Waals surface area contributed by atoms with Crippen molar-refractivity contribution in [1.82, 2.24) is 14.9 Å². The molecule has 0 radical (unpaired) electrons. The summed E-state index contributed by atoms with van der Waals surface area (Å²) in [6.07, 6.45) is 4.08. The molecule has 1 aliphatic rings. The fourth-order valence-electron chi connectivity index (χ4n) is 2.24. The summed E-state index contributed by atoms with van der Waals surface area (Å²) < 4.78 is 0. The molecule has 5 heteroatoms. The van der Waals surface area contributed by atoms with Gasteiger partial charge in [-0.15, -0.1) is 0 Å². The van der Waals surface area contributed by atoms with Gasteiger partial charge in [-0.1, -0.05) is 23.7 Å². The Morgan fingerprint density at radius 2 is 2.16 bits per heavy atom. The number of carbonyl (C=O) groups excluding carboxylic acids is 1. The number of fused-ring (bicyclic) bond motifs is 1. The summed E-state index contributed by atoms with van der Waals surface area (Å²) in [7, 11) is 0. The van der Waals surface area contributed by atoms with Crippen molar-refractivity contribution >= 4 is 17.5 Å². The molecule has 0 fully saturated rings. The molecule has 4 nitrogen and oxygen atoms in total. The van der Waals surface area contributed by atoms with Crippen LogP contribution >= 0.6 is 11.6 Å². The van der Waals surface area contributed by atoms with E-state index in [0.717, 1.165) is 17.7 Å². The highest BCUT2D eigenvalue weighted by molar-refractivity contribution is 6.33. The number of rotatable bonds is 1. The minimum absolute atomic E-state index is 0.0416. The highest BCUT2D eigenvalue weighted by Gasteiger charge is 2.23. The Morgan fingerprint density at radius 1 is 1.32 bits per heavy atom. The molecule has 3 rings (SSSR count). The lowest BCUT2D eigenvalue weighted by Crippen LogP contribution is -2.36. The van der Waals surface area contributed by atoms with Crippen LogP contribution < -0.4 is 0 Å². The van der Waals surface area contributed by atoms with E-state index in [4.69, 9.17) is 11.6 Å². The Morgan fingerprint density at radius 3 is 3.00 bits per heavy atom. The molecule has 0 unspecified atom stereocenters. The summed E-state index contributed by atoms with van der Waals surface area (Å²) in [5.74, 6) is -0.0416. The summed E-state index contributed by atoms with van der Waals surface area (Å²) in [5, 5.41) is 0.489. The van der Waals surface area contributed by atoms with E-state index >= 15 is 0 Å². The molecule has 2 heterocycles. The number of benzene rings is 1. The van der Waals surface area contributed by atoms with Crippen molar-refractivity contribution in [3.05, 3.63) is 58.6 Å². The molecule has 0 N–H and O–H groups in total. The summed E-state index contributed by atoms with van der Waals surface area (Å²) >= 11 is 6.07. The van der Waals surface area contributed by atoms with E-state index in [0.29, 0.717) is 23.7 Å². The quantitative estimate of drug-likeness (QED) is 0.801. The molecular formula is C14H12ClN3O. The highest BCUT2D eigenvalue weighted by atomic mass is 35.5. The van der Waals surface area contributed by atoms with Gasteiger partial charge in [-0.05, 0) is 12.1 Å². The van der Waals surface area contributed by atoms with Crippen LogP contribution in [-0.4, -0.2) is 27.3 Å². The number of carbonyl (C=O) groups is 1. The third-order valence-electron chi connectivity index (χ3n) is 3.25. The smallest absolute Gasteiger partial charge is 0.255 e. The highest BCUT2D eigenvalue weighted by Crippen LogP contribution is 2.21. The van der Waals surface area contributed by atoms with Crippen molar-refractivity contribution in [3.8, 4) is 0 Å². The number of amides is 1. The molecule has 1 aromatic heterocycles. The monoisotopic (exact) mass is 273 g/mol. The van der Waals surface area contributed by atoms with Crippen molar-refractivity contribution in [2.24, 2.45) is 0 Å². The molecule has 1 aliphatic heterocycles. The van der Waals surface area contributed by atoms with Crippen LogP contribution in [0.3, 0.4) is 0 Å². The molecule has 0 saturated heterocycles. The van der Waals surface area contributed by atoms with Crippen LogP contribution in [-0.2, 0) is 13.0 Å². The second-order valence-corrected chi connectivity index (χ2v) is 4.86. The third-order valence-corrected chi connectivity index (χ3v) is 3.58. The number of hydrogen-bond acceptors (Lipinski definition) is 3. The topological polar surface area (TPSA) is 46.1 Å². The number of halogens is 1. The first-order chi connectivity index (χ1) is 9.25. The molecule has 0 aliphatic carbocycles. The predicted octanol–water partition coefficient (Wildman–Crippen LogP) is 2.33. The van der Waals surface area contributed by atoms with Crippen LogP contribution in [0.1, 0.15) is 21.6 Å². The maximum absolute atomic E-state index is 12.4. The summed E-state index contributed by atoms with van der Waals surface area (Å²) in [6, 6.07) is 7.12. The van der Waals surface area contributed by atoms with Crippen molar-refractivity contribution in [2.75, 3.05) is 6.54 Å². The Hall–Kier alpha value is -1.94. The minimum atomic E-state index is -0.0416. The van der Waals surface area contributed by atoms with E-state index in [1.165, 1.54) is 0 Å². The summed E-state index contributed by atoms with van der Waals surface area (Å²) in [4.78, 5) is 22.5. The number of nitrogens with zero attached hydrogens (tertiary/aromatic N) is 3. The Bertz CT molecular complexity index is 630.